The Bertz CT molecular complexity index is 302. The fraction of sp³-hybridized carbons (Fsp3) is 0.500. The second kappa shape index (κ2) is 5.10. The minimum Gasteiger partial charge on any atom is -0.394 e. The predicted octanol–water partition coefficient (Wildman–Crippen LogP) is 2.87. The third-order valence-corrected chi connectivity index (χ3v) is 2.59. The zero-order valence-corrected chi connectivity index (χ0v) is 11.0. The minimum absolute atomic E-state index is 0.000467. The number of halogens is 1. The molecule has 0 aliphatic rings. The van der Waals surface area contributed by atoms with Crippen molar-refractivity contribution in [3.8, 4) is 0 Å². The average Bonchev–Trinajstić information content (AvgIpc) is 2.14. The van der Waals surface area contributed by atoms with Crippen LogP contribution >= 0.6 is 15.9 Å². The van der Waals surface area contributed by atoms with Crippen LogP contribution in [0.5, 0.6) is 0 Å². The summed E-state index contributed by atoms with van der Waals surface area (Å²) in [5.41, 5.74) is 1.11. The molecule has 0 bridgehead atoms. The molecule has 0 aliphatic carbocycles. The first kappa shape index (κ1) is 12.7. The number of rotatable bonds is 3. The summed E-state index contributed by atoms with van der Waals surface area (Å²) >= 11 is 3.39. The van der Waals surface area contributed by atoms with Crippen molar-refractivity contribution in [1.29, 1.82) is 0 Å². The number of benzene rings is 1. The number of nitrogens with one attached hydrogen (secondary N) is 1. The lowest BCUT2D eigenvalue weighted by atomic mass is 10.0. The molecule has 0 radical (unpaired) electrons. The molecule has 0 heterocycles. The number of aliphatic hydroxyl groups is 1. The van der Waals surface area contributed by atoms with E-state index in [9.17, 15) is 5.11 Å². The molecule has 2 N–H and O–H groups in total. The fourth-order valence-electron chi connectivity index (χ4n) is 1.45. The van der Waals surface area contributed by atoms with Crippen molar-refractivity contribution in [3.05, 3.63) is 34.3 Å². The van der Waals surface area contributed by atoms with Crippen molar-refractivity contribution < 1.29 is 5.11 Å². The summed E-state index contributed by atoms with van der Waals surface area (Å²) in [6.45, 7) is 6.39. The van der Waals surface area contributed by atoms with Crippen molar-refractivity contribution in [3.63, 3.8) is 0 Å². The van der Waals surface area contributed by atoms with Gasteiger partial charge >= 0.3 is 0 Å². The lowest BCUT2D eigenvalue weighted by Crippen LogP contribution is -2.40. The van der Waals surface area contributed by atoms with Crippen molar-refractivity contribution in [2.24, 2.45) is 0 Å². The van der Waals surface area contributed by atoms with Gasteiger partial charge in [0.1, 0.15) is 0 Å². The Balaban J connectivity index is 2.79. The number of aliphatic hydroxyl groups excluding tert-OH is 1. The summed E-state index contributed by atoms with van der Waals surface area (Å²) in [7, 11) is 0. The van der Waals surface area contributed by atoms with E-state index in [0.717, 1.165) is 10.0 Å². The number of hydrogen-bond acceptors (Lipinski definition) is 2. The van der Waals surface area contributed by atoms with E-state index in [0.29, 0.717) is 0 Å². The average molecular weight is 272 g/mol. The van der Waals surface area contributed by atoms with E-state index in [1.54, 1.807) is 0 Å². The second-order valence-electron chi connectivity index (χ2n) is 4.68. The molecule has 1 unspecified atom stereocenters. The summed E-state index contributed by atoms with van der Waals surface area (Å²) in [5.74, 6) is 0. The maximum Gasteiger partial charge on any atom is 0.0626 e. The van der Waals surface area contributed by atoms with Crippen molar-refractivity contribution in [2.75, 3.05) is 6.61 Å². The lowest BCUT2D eigenvalue weighted by molar-refractivity contribution is 0.217. The van der Waals surface area contributed by atoms with Crippen molar-refractivity contribution >= 4 is 15.9 Å². The molecule has 3 heteroatoms. The van der Waals surface area contributed by atoms with Crippen LogP contribution in [-0.2, 0) is 0 Å². The maximum absolute atomic E-state index is 9.34. The van der Waals surface area contributed by atoms with Crippen molar-refractivity contribution in [1.82, 2.24) is 5.32 Å². The SMILES string of the molecule is CC(C)(C)NC(CO)c1ccc(Br)cc1. The molecule has 0 saturated heterocycles. The molecule has 0 fully saturated rings. The third-order valence-electron chi connectivity index (χ3n) is 2.06. The van der Waals surface area contributed by atoms with E-state index >= 15 is 0 Å². The van der Waals surface area contributed by atoms with Crippen LogP contribution in [0.15, 0.2) is 28.7 Å². The Morgan fingerprint density at radius 1 is 1.27 bits per heavy atom. The van der Waals surface area contributed by atoms with Gasteiger partial charge < -0.3 is 10.4 Å². The van der Waals surface area contributed by atoms with Crippen LogP contribution in [0.2, 0.25) is 0 Å². The van der Waals surface area contributed by atoms with Crippen LogP contribution in [0.1, 0.15) is 32.4 Å². The molecule has 2 nitrogen and oxygen atoms in total. The summed E-state index contributed by atoms with van der Waals surface area (Å²) in [5, 5.41) is 12.7. The fourth-order valence-corrected chi connectivity index (χ4v) is 1.72. The van der Waals surface area contributed by atoms with Gasteiger partial charge in [-0.05, 0) is 38.5 Å². The molecule has 1 aromatic rings. The van der Waals surface area contributed by atoms with Gasteiger partial charge in [-0.1, -0.05) is 28.1 Å². The molecule has 0 saturated carbocycles. The summed E-state index contributed by atoms with van der Waals surface area (Å²) < 4.78 is 1.05. The van der Waals surface area contributed by atoms with Gasteiger partial charge in [0.05, 0.1) is 12.6 Å². The van der Waals surface area contributed by atoms with E-state index in [1.165, 1.54) is 0 Å². The molecular weight excluding hydrogens is 254 g/mol. The van der Waals surface area contributed by atoms with Crippen LogP contribution in [-0.4, -0.2) is 17.3 Å². The molecular formula is C12H18BrNO. The molecule has 15 heavy (non-hydrogen) atoms. The zero-order chi connectivity index (χ0) is 11.5. The van der Waals surface area contributed by atoms with Crippen LogP contribution in [0.25, 0.3) is 0 Å². The summed E-state index contributed by atoms with van der Waals surface area (Å²) in [6, 6.07) is 8.01. The van der Waals surface area contributed by atoms with Crippen LogP contribution < -0.4 is 5.32 Å². The highest BCUT2D eigenvalue weighted by Gasteiger charge is 2.17. The van der Waals surface area contributed by atoms with Gasteiger partial charge in [-0.15, -0.1) is 0 Å². The van der Waals surface area contributed by atoms with E-state index < -0.39 is 0 Å². The Labute approximate surface area is 99.8 Å². The van der Waals surface area contributed by atoms with Gasteiger partial charge in [-0.25, -0.2) is 0 Å². The molecule has 1 rings (SSSR count). The van der Waals surface area contributed by atoms with Gasteiger partial charge in [-0.2, -0.15) is 0 Å². The van der Waals surface area contributed by atoms with E-state index in [4.69, 9.17) is 0 Å². The highest BCUT2D eigenvalue weighted by atomic mass is 79.9. The molecule has 1 aromatic carbocycles. The van der Waals surface area contributed by atoms with Gasteiger partial charge in [0.15, 0.2) is 0 Å². The molecule has 0 aromatic heterocycles. The van der Waals surface area contributed by atoms with Crippen LogP contribution in [0, 0.1) is 0 Å². The Kier molecular flexibility index (Phi) is 4.32. The smallest absolute Gasteiger partial charge is 0.0626 e. The minimum atomic E-state index is -0.00176. The van der Waals surface area contributed by atoms with Crippen LogP contribution in [0.4, 0.5) is 0 Å². The monoisotopic (exact) mass is 271 g/mol. The quantitative estimate of drug-likeness (QED) is 0.886. The van der Waals surface area contributed by atoms with Gasteiger partial charge in [0.2, 0.25) is 0 Å². The normalized spacial score (nSPS) is 13.9. The molecule has 0 aliphatic heterocycles. The molecule has 84 valence electrons. The zero-order valence-electron chi connectivity index (χ0n) is 9.42. The van der Waals surface area contributed by atoms with Gasteiger partial charge in [0.25, 0.3) is 0 Å². The Hall–Kier alpha value is -0.380. The van der Waals surface area contributed by atoms with Crippen molar-refractivity contribution in [2.45, 2.75) is 32.4 Å². The topological polar surface area (TPSA) is 32.3 Å². The van der Waals surface area contributed by atoms with Crippen LogP contribution in [0.3, 0.4) is 0 Å². The largest absolute Gasteiger partial charge is 0.394 e. The first-order valence-corrected chi connectivity index (χ1v) is 5.86. The third kappa shape index (κ3) is 4.33. The summed E-state index contributed by atoms with van der Waals surface area (Å²) in [4.78, 5) is 0. The maximum atomic E-state index is 9.34. The first-order chi connectivity index (χ1) is 6.92. The lowest BCUT2D eigenvalue weighted by Gasteiger charge is -2.27. The number of hydrogen-bond donors (Lipinski definition) is 2. The Morgan fingerprint density at radius 3 is 2.20 bits per heavy atom. The predicted molar refractivity (Wildman–Crippen MR) is 66.9 cm³/mol. The molecule has 0 amide bonds. The second-order valence-corrected chi connectivity index (χ2v) is 5.60. The van der Waals surface area contributed by atoms with E-state index in [1.807, 2.05) is 24.3 Å². The van der Waals surface area contributed by atoms with E-state index in [2.05, 4.69) is 42.0 Å². The molecule has 0 spiro atoms. The van der Waals surface area contributed by atoms with Gasteiger partial charge in [-0.3, -0.25) is 0 Å². The highest BCUT2D eigenvalue weighted by molar-refractivity contribution is 9.10. The highest BCUT2D eigenvalue weighted by Crippen LogP contribution is 2.19. The van der Waals surface area contributed by atoms with Gasteiger partial charge in [0, 0.05) is 10.0 Å². The Morgan fingerprint density at radius 2 is 1.80 bits per heavy atom. The standard InChI is InChI=1S/C12H18BrNO/c1-12(2,3)14-11(8-15)9-4-6-10(13)7-5-9/h4-7,11,14-15H,8H2,1-3H3. The first-order valence-electron chi connectivity index (χ1n) is 5.06. The van der Waals surface area contributed by atoms with E-state index in [-0.39, 0.29) is 18.2 Å². The molecule has 1 atom stereocenters. The summed E-state index contributed by atoms with van der Waals surface area (Å²) in [6.07, 6.45) is 0.